The van der Waals surface area contributed by atoms with Crippen LogP contribution in [0.2, 0.25) is 0 Å². The van der Waals surface area contributed by atoms with E-state index in [1.165, 1.54) is 0 Å². The fraction of sp³-hybridized carbons (Fsp3) is 1.00. The van der Waals surface area contributed by atoms with E-state index in [1.807, 2.05) is 0 Å². The van der Waals surface area contributed by atoms with Gasteiger partial charge in [0.25, 0.3) is 0 Å². The molecule has 1 saturated heterocycles. The van der Waals surface area contributed by atoms with Gasteiger partial charge in [-0.05, 0) is 0 Å². The van der Waals surface area contributed by atoms with Gasteiger partial charge < -0.3 is 60.9 Å². The first-order valence-corrected chi connectivity index (χ1v) is 7.04. The molecule has 1 aliphatic heterocycles. The van der Waals surface area contributed by atoms with Gasteiger partial charge in [-0.3, -0.25) is 0 Å². The molecule has 0 aromatic heterocycles. The maximum Gasteiger partial charge on any atom is 0.184 e. The highest BCUT2D eigenvalue weighted by Crippen LogP contribution is 2.19. The van der Waals surface area contributed by atoms with E-state index in [9.17, 15) is 0 Å². The van der Waals surface area contributed by atoms with Gasteiger partial charge in [0.05, 0.1) is 19.8 Å². The van der Waals surface area contributed by atoms with Crippen molar-refractivity contribution in [3.05, 3.63) is 0 Å². The van der Waals surface area contributed by atoms with E-state index in [0.717, 1.165) is 0 Å². The molecule has 146 valence electrons. The molecule has 0 aliphatic carbocycles. The molecule has 0 aromatic carbocycles. The van der Waals surface area contributed by atoms with Crippen molar-refractivity contribution in [2.24, 2.45) is 0 Å². The van der Waals surface area contributed by atoms with Gasteiger partial charge in [-0.15, -0.1) is 0 Å². The highest BCUT2D eigenvalue weighted by molar-refractivity contribution is 4.88. The van der Waals surface area contributed by atoms with E-state index in [2.05, 4.69) is 4.74 Å². The van der Waals surface area contributed by atoms with Crippen LogP contribution in [0.25, 0.3) is 0 Å². The molecule has 0 bridgehead atoms. The Kier molecular flexibility index (Phi) is 11.0. The molecule has 1 aliphatic rings. The lowest BCUT2D eigenvalue weighted by Gasteiger charge is -2.37. The molecule has 0 amide bonds. The number of hydrogen-bond acceptors (Lipinski definition) is 12. The number of aliphatic hydroxyl groups is 11. The van der Waals surface area contributed by atoms with Gasteiger partial charge in [-0.2, -0.15) is 0 Å². The van der Waals surface area contributed by atoms with Crippen molar-refractivity contribution < 1.29 is 60.9 Å². The molecule has 5 unspecified atom stereocenters. The van der Waals surface area contributed by atoms with Gasteiger partial charge >= 0.3 is 0 Å². The molecule has 1 heterocycles. The summed E-state index contributed by atoms with van der Waals surface area (Å²) in [5, 5.41) is 96.8. The molecule has 1 fully saturated rings. The van der Waals surface area contributed by atoms with Crippen LogP contribution in [0.15, 0.2) is 0 Å². The summed E-state index contributed by atoms with van der Waals surface area (Å²) in [6.07, 6.45) is -13.4. The van der Waals surface area contributed by atoms with E-state index in [0.29, 0.717) is 0 Å². The summed E-state index contributed by atoms with van der Waals surface area (Å²) in [4.78, 5) is 0. The first-order chi connectivity index (χ1) is 11.1. The van der Waals surface area contributed by atoms with Crippen LogP contribution in [0.1, 0.15) is 0 Å². The first kappa shape index (κ1) is 23.5. The van der Waals surface area contributed by atoms with Gasteiger partial charge in [0.15, 0.2) is 6.29 Å². The second-order valence-corrected chi connectivity index (χ2v) is 5.20. The Hall–Kier alpha value is -0.480. The minimum absolute atomic E-state index is 0.526. The van der Waals surface area contributed by atoms with Crippen molar-refractivity contribution in [3.8, 4) is 0 Å². The molecule has 11 N–H and O–H groups in total. The molecule has 0 saturated carbocycles. The Morgan fingerprint density at radius 2 is 1.08 bits per heavy atom. The van der Waals surface area contributed by atoms with E-state index >= 15 is 0 Å². The molecule has 0 radical (unpaired) electrons. The lowest BCUT2D eigenvalue weighted by molar-refractivity contribution is -0.286. The predicted molar refractivity (Wildman–Crippen MR) is 74.2 cm³/mol. The number of ether oxygens (including phenoxy) is 1. The average Bonchev–Trinajstić information content (AvgIpc) is 2.60. The van der Waals surface area contributed by atoms with Crippen molar-refractivity contribution in [2.75, 3.05) is 19.8 Å². The Labute approximate surface area is 137 Å². The quantitative estimate of drug-likeness (QED) is 0.212. The second-order valence-electron chi connectivity index (χ2n) is 5.20. The smallest absolute Gasteiger partial charge is 0.184 e. The Morgan fingerprint density at radius 1 is 0.667 bits per heavy atom. The zero-order valence-electron chi connectivity index (χ0n) is 12.6. The molecule has 0 spiro atoms. The Morgan fingerprint density at radius 3 is 1.42 bits per heavy atom. The summed E-state index contributed by atoms with van der Waals surface area (Å²) >= 11 is 0. The summed E-state index contributed by atoms with van der Waals surface area (Å²) in [5.74, 6) is 0. The highest BCUT2D eigenvalue weighted by Gasteiger charge is 2.42. The number of hydrogen-bond donors (Lipinski definition) is 11. The van der Waals surface area contributed by atoms with Crippen molar-refractivity contribution in [1.29, 1.82) is 0 Å². The first-order valence-electron chi connectivity index (χ1n) is 7.04. The highest BCUT2D eigenvalue weighted by atomic mass is 16.6. The monoisotopic (exact) mass is 362 g/mol. The summed E-state index contributed by atoms with van der Waals surface area (Å²) in [5.41, 5.74) is 0. The number of rotatable bonds is 6. The van der Waals surface area contributed by atoms with E-state index < -0.39 is 74.9 Å². The SMILES string of the molecule is OCC(O)C(O)C(O)C(O)CO.OC[C@H]1OC(O)[C@H](O)[C@@H](O)[C@@H]1O. The molecule has 12 heteroatoms. The summed E-state index contributed by atoms with van der Waals surface area (Å²) < 4.78 is 4.58. The summed E-state index contributed by atoms with van der Waals surface area (Å²) in [6, 6.07) is 0. The lowest BCUT2D eigenvalue weighted by Crippen LogP contribution is -2.58. The maximum atomic E-state index is 9.12. The van der Waals surface area contributed by atoms with Gasteiger partial charge in [0, 0.05) is 0 Å². The molecule has 0 aromatic rings. The van der Waals surface area contributed by atoms with Crippen molar-refractivity contribution in [2.45, 2.75) is 55.1 Å². The Bertz CT molecular complexity index is 308. The summed E-state index contributed by atoms with van der Waals surface area (Å²) in [6.45, 7) is -1.98. The minimum atomic E-state index is -1.67. The molecule has 1 rings (SSSR count). The molecule has 24 heavy (non-hydrogen) atoms. The van der Waals surface area contributed by atoms with Gasteiger partial charge in [0.2, 0.25) is 0 Å². The van der Waals surface area contributed by atoms with Gasteiger partial charge in [0.1, 0.15) is 48.8 Å². The van der Waals surface area contributed by atoms with Crippen LogP contribution in [0.4, 0.5) is 0 Å². The third-order valence-electron chi connectivity index (χ3n) is 3.38. The van der Waals surface area contributed by atoms with E-state index in [1.54, 1.807) is 0 Å². The normalized spacial score (nSPS) is 35.4. The minimum Gasteiger partial charge on any atom is -0.394 e. The van der Waals surface area contributed by atoms with Crippen molar-refractivity contribution in [3.63, 3.8) is 0 Å². The van der Waals surface area contributed by atoms with Crippen LogP contribution in [-0.4, -0.2) is 131 Å². The van der Waals surface area contributed by atoms with E-state index in [4.69, 9.17) is 56.2 Å². The van der Waals surface area contributed by atoms with Crippen LogP contribution in [0.3, 0.4) is 0 Å². The standard InChI is InChI=1S/C6H12O6.C6H14O6/c7-1-2-3(8)4(9)5(10)6(11)12-2;7-1-3(9)5(11)6(12)4(10)2-8/h2-11H,1H2;3-12H,1-2H2/t2-,3-,4+,5-,6?;/m1./s1. The largest absolute Gasteiger partial charge is 0.394 e. The summed E-state index contributed by atoms with van der Waals surface area (Å²) in [7, 11) is 0. The van der Waals surface area contributed by atoms with Crippen molar-refractivity contribution >= 4 is 0 Å². The zero-order valence-corrected chi connectivity index (χ0v) is 12.6. The zero-order chi connectivity index (χ0) is 19.0. The van der Waals surface area contributed by atoms with Crippen LogP contribution in [-0.2, 0) is 4.74 Å². The molecule has 12 nitrogen and oxygen atoms in total. The van der Waals surface area contributed by atoms with Crippen LogP contribution >= 0.6 is 0 Å². The van der Waals surface area contributed by atoms with Crippen LogP contribution < -0.4 is 0 Å². The topological polar surface area (TPSA) is 232 Å². The van der Waals surface area contributed by atoms with Gasteiger partial charge in [-0.1, -0.05) is 0 Å². The van der Waals surface area contributed by atoms with Crippen LogP contribution in [0, 0.1) is 0 Å². The molecule has 9 atom stereocenters. The second kappa shape index (κ2) is 11.2. The number of aliphatic hydroxyl groups excluding tert-OH is 11. The van der Waals surface area contributed by atoms with E-state index in [-0.39, 0.29) is 0 Å². The third kappa shape index (κ3) is 6.44. The maximum absolute atomic E-state index is 9.12. The molecular weight excluding hydrogens is 336 g/mol. The Balaban J connectivity index is 0.000000441. The van der Waals surface area contributed by atoms with Crippen LogP contribution in [0.5, 0.6) is 0 Å². The third-order valence-corrected chi connectivity index (χ3v) is 3.38. The lowest BCUT2D eigenvalue weighted by atomic mass is 10.00. The van der Waals surface area contributed by atoms with Gasteiger partial charge in [-0.25, -0.2) is 0 Å². The average molecular weight is 362 g/mol. The van der Waals surface area contributed by atoms with Crippen molar-refractivity contribution in [1.82, 2.24) is 0 Å². The fourth-order valence-corrected chi connectivity index (χ4v) is 1.75. The predicted octanol–water partition coefficient (Wildman–Crippen LogP) is -6.81. The fourth-order valence-electron chi connectivity index (χ4n) is 1.75. The molecular formula is C12H26O12.